The van der Waals surface area contributed by atoms with Crippen LogP contribution in [0, 0.1) is 0 Å². The Morgan fingerprint density at radius 1 is 0.667 bits per heavy atom. The highest BCUT2D eigenvalue weighted by Crippen LogP contribution is 2.34. The standard InChI is InChI=1S/C27H34O3/c28-27(29-19-21-9-7-15-25(17-21)23-11-3-1-4-12-23)30-20-22-10-8-16-26(18-22)24-13-5-2-6-14-24/h7-10,15-18,23-24H,1-6,11-14,19-20H2. The van der Waals surface area contributed by atoms with Gasteiger partial charge in [0.2, 0.25) is 0 Å². The lowest BCUT2D eigenvalue weighted by Gasteiger charge is -2.22. The number of hydrogen-bond acceptors (Lipinski definition) is 3. The lowest BCUT2D eigenvalue weighted by atomic mass is 9.84. The van der Waals surface area contributed by atoms with Crippen molar-refractivity contribution in [3.8, 4) is 0 Å². The van der Waals surface area contributed by atoms with Gasteiger partial charge >= 0.3 is 6.16 Å². The molecule has 2 fully saturated rings. The Kier molecular flexibility index (Phi) is 7.44. The van der Waals surface area contributed by atoms with Crippen LogP contribution in [0.15, 0.2) is 48.5 Å². The molecule has 4 rings (SSSR count). The van der Waals surface area contributed by atoms with Crippen LogP contribution < -0.4 is 0 Å². The van der Waals surface area contributed by atoms with Gasteiger partial charge < -0.3 is 9.47 Å². The van der Waals surface area contributed by atoms with Crippen molar-refractivity contribution >= 4 is 6.16 Å². The summed E-state index contributed by atoms with van der Waals surface area (Å²) in [5.74, 6) is 1.31. The normalized spacial score (nSPS) is 18.1. The summed E-state index contributed by atoms with van der Waals surface area (Å²) in [6.07, 6.45) is 12.5. The van der Waals surface area contributed by atoms with Crippen LogP contribution in [0.5, 0.6) is 0 Å². The molecular formula is C27H34O3. The molecule has 2 aliphatic carbocycles. The first kappa shape index (κ1) is 21.0. The summed E-state index contributed by atoms with van der Waals surface area (Å²) in [6, 6.07) is 17.0. The lowest BCUT2D eigenvalue weighted by Crippen LogP contribution is -2.09. The smallest absolute Gasteiger partial charge is 0.429 e. The van der Waals surface area contributed by atoms with Crippen LogP contribution in [0.1, 0.15) is 98.3 Å². The monoisotopic (exact) mass is 406 g/mol. The zero-order valence-electron chi connectivity index (χ0n) is 18.0. The molecule has 2 aromatic carbocycles. The Labute approximate surface area is 180 Å². The van der Waals surface area contributed by atoms with Crippen LogP contribution >= 0.6 is 0 Å². The van der Waals surface area contributed by atoms with E-state index in [1.54, 1.807) is 0 Å². The Hall–Kier alpha value is -2.29. The number of hydrogen-bond donors (Lipinski definition) is 0. The molecule has 2 saturated carbocycles. The maximum atomic E-state index is 12.1. The van der Waals surface area contributed by atoms with Crippen LogP contribution in [0.3, 0.4) is 0 Å². The van der Waals surface area contributed by atoms with Gasteiger partial charge in [0.1, 0.15) is 13.2 Å². The van der Waals surface area contributed by atoms with E-state index in [0.29, 0.717) is 11.8 Å². The molecule has 0 saturated heterocycles. The zero-order valence-corrected chi connectivity index (χ0v) is 18.0. The summed E-state index contributed by atoms with van der Waals surface area (Å²) in [7, 11) is 0. The van der Waals surface area contributed by atoms with Gasteiger partial charge in [-0.3, -0.25) is 0 Å². The SMILES string of the molecule is O=C(OCc1cccc(C2CCCCC2)c1)OCc1cccc(C2CCCCC2)c1. The first-order chi connectivity index (χ1) is 14.8. The van der Waals surface area contributed by atoms with Gasteiger partial charge in [-0.15, -0.1) is 0 Å². The summed E-state index contributed by atoms with van der Waals surface area (Å²) >= 11 is 0. The predicted octanol–water partition coefficient (Wildman–Crippen LogP) is 7.64. The molecule has 0 unspecified atom stereocenters. The van der Waals surface area contributed by atoms with Crippen molar-refractivity contribution in [3.05, 3.63) is 70.8 Å². The fraction of sp³-hybridized carbons (Fsp3) is 0.519. The van der Waals surface area contributed by atoms with Crippen molar-refractivity contribution in [2.75, 3.05) is 0 Å². The van der Waals surface area contributed by atoms with E-state index in [2.05, 4.69) is 36.4 Å². The topological polar surface area (TPSA) is 35.5 Å². The molecule has 0 aromatic heterocycles. The fourth-order valence-corrected chi connectivity index (χ4v) is 5.07. The van der Waals surface area contributed by atoms with E-state index in [4.69, 9.17) is 9.47 Å². The van der Waals surface area contributed by atoms with E-state index in [0.717, 1.165) is 11.1 Å². The average Bonchev–Trinajstić information content (AvgIpc) is 2.83. The van der Waals surface area contributed by atoms with Gasteiger partial charge in [0.25, 0.3) is 0 Å². The largest absolute Gasteiger partial charge is 0.508 e. The van der Waals surface area contributed by atoms with Gasteiger partial charge in [0.05, 0.1) is 0 Å². The minimum Gasteiger partial charge on any atom is -0.429 e. The summed E-state index contributed by atoms with van der Waals surface area (Å²) in [4.78, 5) is 12.1. The second-order valence-corrected chi connectivity index (χ2v) is 8.99. The average molecular weight is 407 g/mol. The fourth-order valence-electron chi connectivity index (χ4n) is 5.07. The van der Waals surface area contributed by atoms with Gasteiger partial charge in [0.15, 0.2) is 0 Å². The van der Waals surface area contributed by atoms with Crippen LogP contribution in [-0.4, -0.2) is 6.16 Å². The maximum absolute atomic E-state index is 12.1. The van der Waals surface area contributed by atoms with E-state index in [1.165, 1.54) is 75.3 Å². The third kappa shape index (κ3) is 5.87. The molecule has 2 aromatic rings. The molecular weight excluding hydrogens is 372 g/mol. The molecule has 0 heterocycles. The number of ether oxygens (including phenoxy) is 2. The third-order valence-corrected chi connectivity index (χ3v) is 6.77. The Bertz CT molecular complexity index is 749. The maximum Gasteiger partial charge on any atom is 0.508 e. The van der Waals surface area contributed by atoms with Crippen molar-refractivity contribution in [2.45, 2.75) is 89.3 Å². The second-order valence-electron chi connectivity index (χ2n) is 8.99. The third-order valence-electron chi connectivity index (χ3n) is 6.77. The van der Waals surface area contributed by atoms with Crippen molar-refractivity contribution in [2.24, 2.45) is 0 Å². The van der Waals surface area contributed by atoms with Crippen molar-refractivity contribution in [1.82, 2.24) is 0 Å². The van der Waals surface area contributed by atoms with E-state index < -0.39 is 6.16 Å². The molecule has 0 N–H and O–H groups in total. The lowest BCUT2D eigenvalue weighted by molar-refractivity contribution is 0.0446. The van der Waals surface area contributed by atoms with Gasteiger partial charge in [-0.05, 0) is 59.8 Å². The Morgan fingerprint density at radius 2 is 1.10 bits per heavy atom. The van der Waals surface area contributed by atoms with Crippen molar-refractivity contribution < 1.29 is 14.3 Å². The van der Waals surface area contributed by atoms with Crippen LogP contribution in [0.2, 0.25) is 0 Å². The summed E-state index contributed by atoms with van der Waals surface area (Å²) < 4.78 is 10.8. The molecule has 30 heavy (non-hydrogen) atoms. The van der Waals surface area contributed by atoms with Gasteiger partial charge in [-0.2, -0.15) is 0 Å². The Balaban J connectivity index is 1.25. The zero-order chi connectivity index (χ0) is 20.6. The van der Waals surface area contributed by atoms with Crippen LogP contribution in [0.4, 0.5) is 4.79 Å². The van der Waals surface area contributed by atoms with Crippen molar-refractivity contribution in [3.63, 3.8) is 0 Å². The minimum atomic E-state index is -0.596. The highest BCUT2D eigenvalue weighted by molar-refractivity contribution is 5.60. The predicted molar refractivity (Wildman–Crippen MR) is 120 cm³/mol. The summed E-state index contributed by atoms with van der Waals surface area (Å²) in [5.41, 5.74) is 4.83. The number of carbonyl (C=O) groups excluding carboxylic acids is 1. The van der Waals surface area contributed by atoms with Gasteiger partial charge in [-0.1, -0.05) is 87.1 Å². The van der Waals surface area contributed by atoms with Gasteiger partial charge in [-0.25, -0.2) is 4.79 Å². The number of carbonyl (C=O) groups is 1. The summed E-state index contributed by atoms with van der Waals surface area (Å²) in [6.45, 7) is 0.531. The molecule has 0 atom stereocenters. The molecule has 2 aliphatic rings. The second kappa shape index (κ2) is 10.7. The van der Waals surface area contributed by atoms with E-state index >= 15 is 0 Å². The first-order valence-electron chi connectivity index (χ1n) is 11.7. The molecule has 160 valence electrons. The van der Waals surface area contributed by atoms with Crippen molar-refractivity contribution in [1.29, 1.82) is 0 Å². The summed E-state index contributed by atoms with van der Waals surface area (Å²) in [5, 5.41) is 0. The molecule has 0 radical (unpaired) electrons. The van der Waals surface area contributed by atoms with Crippen LogP contribution in [0.25, 0.3) is 0 Å². The highest BCUT2D eigenvalue weighted by atomic mass is 16.7. The molecule has 3 heteroatoms. The quantitative estimate of drug-likeness (QED) is 0.462. The highest BCUT2D eigenvalue weighted by Gasteiger charge is 2.17. The number of benzene rings is 2. The Morgan fingerprint density at radius 3 is 1.53 bits per heavy atom. The van der Waals surface area contributed by atoms with E-state index in [1.807, 2.05) is 12.1 Å². The van der Waals surface area contributed by atoms with Crippen LogP contribution in [-0.2, 0) is 22.7 Å². The molecule has 0 spiro atoms. The molecule has 0 amide bonds. The van der Waals surface area contributed by atoms with E-state index in [-0.39, 0.29) is 13.2 Å². The van der Waals surface area contributed by atoms with Gasteiger partial charge in [0, 0.05) is 0 Å². The van der Waals surface area contributed by atoms with E-state index in [9.17, 15) is 4.79 Å². The molecule has 0 aliphatic heterocycles. The minimum absolute atomic E-state index is 0.265. The molecule has 0 bridgehead atoms. The number of rotatable bonds is 6. The first-order valence-corrected chi connectivity index (χ1v) is 11.7. The molecule has 3 nitrogen and oxygen atoms in total.